The number of halogens is 1. The van der Waals surface area contributed by atoms with E-state index in [0.29, 0.717) is 6.61 Å². The fraction of sp³-hybridized carbons (Fsp3) is 0.368. The van der Waals surface area contributed by atoms with Gasteiger partial charge in [0.1, 0.15) is 12.4 Å². The van der Waals surface area contributed by atoms with E-state index in [1.54, 1.807) is 0 Å². The Morgan fingerprint density at radius 3 is 2.43 bits per heavy atom. The lowest BCUT2D eigenvalue weighted by Gasteiger charge is -2.25. The highest BCUT2D eigenvalue weighted by atomic mass is 35.5. The molecule has 1 N–H and O–H groups in total. The summed E-state index contributed by atoms with van der Waals surface area (Å²) >= 11 is 0. The van der Waals surface area contributed by atoms with Crippen LogP contribution in [0, 0.1) is 13.8 Å². The van der Waals surface area contributed by atoms with E-state index in [1.807, 2.05) is 18.2 Å². The first-order valence-corrected chi connectivity index (χ1v) is 7.83. The van der Waals surface area contributed by atoms with Gasteiger partial charge < -0.3 is 14.8 Å². The van der Waals surface area contributed by atoms with Gasteiger partial charge in [-0.3, -0.25) is 0 Å². The Morgan fingerprint density at radius 2 is 1.83 bits per heavy atom. The minimum Gasteiger partial charge on any atom is -0.488 e. The average Bonchev–Trinajstić information content (AvgIpc) is 2.56. The minimum atomic E-state index is 0. The number of morpholine rings is 1. The standard InChI is InChI=1S/C19H23NO2.ClH/c1-14-10-17(18-13-21-9-8-20-18)11-15(2)19(14)22-12-16-6-4-3-5-7-16;/h3-7,10-11,18,20H,8-9,12-13H2,1-2H3;1H/t18-;/m1./s1. The molecule has 0 radical (unpaired) electrons. The fourth-order valence-electron chi connectivity index (χ4n) is 2.92. The molecule has 2 aromatic carbocycles. The van der Waals surface area contributed by atoms with Crippen molar-refractivity contribution in [2.75, 3.05) is 19.8 Å². The van der Waals surface area contributed by atoms with Crippen LogP contribution in [0.5, 0.6) is 5.75 Å². The molecule has 1 aliphatic rings. The van der Waals surface area contributed by atoms with Crippen LogP contribution in [0.1, 0.15) is 28.3 Å². The fourth-order valence-corrected chi connectivity index (χ4v) is 2.92. The number of ether oxygens (including phenoxy) is 2. The molecule has 1 saturated heterocycles. The van der Waals surface area contributed by atoms with Gasteiger partial charge in [0, 0.05) is 6.54 Å². The zero-order chi connectivity index (χ0) is 15.4. The summed E-state index contributed by atoms with van der Waals surface area (Å²) < 4.78 is 11.6. The third kappa shape index (κ3) is 4.47. The second kappa shape index (κ2) is 8.34. The van der Waals surface area contributed by atoms with Crippen molar-refractivity contribution in [3.8, 4) is 5.75 Å². The number of nitrogens with one attached hydrogen (secondary N) is 1. The molecule has 124 valence electrons. The van der Waals surface area contributed by atoms with Gasteiger partial charge >= 0.3 is 0 Å². The molecule has 0 amide bonds. The van der Waals surface area contributed by atoms with Gasteiger partial charge in [-0.1, -0.05) is 42.5 Å². The quantitative estimate of drug-likeness (QED) is 0.918. The van der Waals surface area contributed by atoms with E-state index in [4.69, 9.17) is 9.47 Å². The van der Waals surface area contributed by atoms with E-state index in [-0.39, 0.29) is 18.4 Å². The summed E-state index contributed by atoms with van der Waals surface area (Å²) in [5.41, 5.74) is 4.83. The third-order valence-electron chi connectivity index (χ3n) is 4.03. The molecule has 1 fully saturated rings. The van der Waals surface area contributed by atoms with Crippen LogP contribution in [0.2, 0.25) is 0 Å². The predicted octanol–water partition coefficient (Wildman–Crippen LogP) is 3.97. The van der Waals surface area contributed by atoms with Gasteiger partial charge in [-0.15, -0.1) is 12.4 Å². The van der Waals surface area contributed by atoms with Crippen LogP contribution in [-0.4, -0.2) is 19.8 Å². The molecule has 1 atom stereocenters. The number of rotatable bonds is 4. The number of hydrogen-bond acceptors (Lipinski definition) is 3. The summed E-state index contributed by atoms with van der Waals surface area (Å²) in [5.74, 6) is 0.990. The van der Waals surface area contributed by atoms with Gasteiger partial charge in [-0.05, 0) is 36.1 Å². The van der Waals surface area contributed by atoms with Crippen LogP contribution >= 0.6 is 12.4 Å². The van der Waals surface area contributed by atoms with E-state index >= 15 is 0 Å². The Hall–Kier alpha value is -1.55. The third-order valence-corrected chi connectivity index (χ3v) is 4.03. The molecular weight excluding hydrogens is 310 g/mol. The number of benzene rings is 2. The second-order valence-electron chi connectivity index (χ2n) is 5.84. The highest BCUT2D eigenvalue weighted by Crippen LogP contribution is 2.29. The monoisotopic (exact) mass is 333 g/mol. The maximum atomic E-state index is 6.04. The van der Waals surface area contributed by atoms with E-state index in [2.05, 4.69) is 43.4 Å². The lowest BCUT2D eigenvalue weighted by molar-refractivity contribution is 0.0768. The van der Waals surface area contributed by atoms with E-state index in [0.717, 1.165) is 25.5 Å². The molecule has 23 heavy (non-hydrogen) atoms. The summed E-state index contributed by atoms with van der Waals surface area (Å²) in [5, 5.41) is 3.50. The zero-order valence-electron chi connectivity index (χ0n) is 13.7. The van der Waals surface area contributed by atoms with Crippen molar-refractivity contribution in [2.45, 2.75) is 26.5 Å². The Bertz CT molecular complexity index is 602. The second-order valence-corrected chi connectivity index (χ2v) is 5.84. The van der Waals surface area contributed by atoms with Crippen LogP contribution in [0.4, 0.5) is 0 Å². The minimum absolute atomic E-state index is 0. The largest absolute Gasteiger partial charge is 0.488 e. The summed E-state index contributed by atoms with van der Waals surface area (Å²) in [6, 6.07) is 15.0. The van der Waals surface area contributed by atoms with Crippen LogP contribution in [0.25, 0.3) is 0 Å². The lowest BCUT2D eigenvalue weighted by atomic mass is 10.00. The normalized spacial score (nSPS) is 17.4. The highest BCUT2D eigenvalue weighted by Gasteiger charge is 2.17. The van der Waals surface area contributed by atoms with E-state index in [1.165, 1.54) is 22.3 Å². The molecular formula is C19H24ClNO2. The molecule has 3 nitrogen and oxygen atoms in total. The maximum Gasteiger partial charge on any atom is 0.125 e. The predicted molar refractivity (Wildman–Crippen MR) is 95.5 cm³/mol. The van der Waals surface area contributed by atoms with Crippen molar-refractivity contribution in [1.29, 1.82) is 0 Å². The first kappa shape index (κ1) is 17.8. The van der Waals surface area contributed by atoms with Crippen molar-refractivity contribution in [3.63, 3.8) is 0 Å². The summed E-state index contributed by atoms with van der Waals surface area (Å²) in [4.78, 5) is 0. The Morgan fingerprint density at radius 1 is 1.13 bits per heavy atom. The van der Waals surface area contributed by atoms with Gasteiger partial charge in [0.25, 0.3) is 0 Å². The van der Waals surface area contributed by atoms with Crippen LogP contribution in [-0.2, 0) is 11.3 Å². The molecule has 2 aromatic rings. The van der Waals surface area contributed by atoms with E-state index in [9.17, 15) is 0 Å². The number of hydrogen-bond donors (Lipinski definition) is 1. The molecule has 4 heteroatoms. The zero-order valence-corrected chi connectivity index (χ0v) is 14.5. The first-order chi connectivity index (χ1) is 10.7. The SMILES string of the molecule is Cc1cc([C@H]2COCCN2)cc(C)c1OCc1ccccc1.Cl. The Balaban J connectivity index is 0.00000192. The van der Waals surface area contributed by atoms with Gasteiger partial charge in [0.05, 0.1) is 19.3 Å². The topological polar surface area (TPSA) is 30.5 Å². The Kier molecular flexibility index (Phi) is 6.46. The van der Waals surface area contributed by atoms with Gasteiger partial charge in [0.15, 0.2) is 0 Å². The van der Waals surface area contributed by atoms with Gasteiger partial charge in [-0.25, -0.2) is 0 Å². The van der Waals surface area contributed by atoms with Gasteiger partial charge in [0.2, 0.25) is 0 Å². The molecule has 3 rings (SSSR count). The molecule has 0 saturated carbocycles. The number of aryl methyl sites for hydroxylation is 2. The smallest absolute Gasteiger partial charge is 0.125 e. The maximum absolute atomic E-state index is 6.04. The molecule has 0 unspecified atom stereocenters. The lowest BCUT2D eigenvalue weighted by Crippen LogP contribution is -2.34. The molecule has 0 spiro atoms. The van der Waals surface area contributed by atoms with Crippen molar-refractivity contribution in [2.24, 2.45) is 0 Å². The molecule has 0 aliphatic carbocycles. The Labute approximate surface area is 144 Å². The first-order valence-electron chi connectivity index (χ1n) is 7.83. The van der Waals surface area contributed by atoms with Crippen molar-refractivity contribution in [3.05, 3.63) is 64.7 Å². The van der Waals surface area contributed by atoms with Crippen LogP contribution in [0.15, 0.2) is 42.5 Å². The summed E-state index contributed by atoms with van der Waals surface area (Å²) in [6.45, 7) is 7.28. The summed E-state index contributed by atoms with van der Waals surface area (Å²) in [7, 11) is 0. The van der Waals surface area contributed by atoms with Crippen molar-refractivity contribution >= 4 is 12.4 Å². The van der Waals surface area contributed by atoms with Crippen LogP contribution in [0.3, 0.4) is 0 Å². The highest BCUT2D eigenvalue weighted by molar-refractivity contribution is 5.85. The molecule has 1 aliphatic heterocycles. The van der Waals surface area contributed by atoms with E-state index < -0.39 is 0 Å². The molecule has 0 aromatic heterocycles. The van der Waals surface area contributed by atoms with Crippen molar-refractivity contribution < 1.29 is 9.47 Å². The molecule has 1 heterocycles. The van der Waals surface area contributed by atoms with Gasteiger partial charge in [-0.2, -0.15) is 0 Å². The van der Waals surface area contributed by atoms with Crippen molar-refractivity contribution in [1.82, 2.24) is 5.32 Å². The average molecular weight is 334 g/mol. The summed E-state index contributed by atoms with van der Waals surface area (Å²) in [6.07, 6.45) is 0. The van der Waals surface area contributed by atoms with Crippen LogP contribution < -0.4 is 10.1 Å². The molecule has 0 bridgehead atoms.